The predicted octanol–water partition coefficient (Wildman–Crippen LogP) is 5.11. The van der Waals surface area contributed by atoms with Crippen LogP contribution < -0.4 is 15.9 Å². The van der Waals surface area contributed by atoms with Gasteiger partial charge in [0.05, 0.1) is 6.16 Å². The van der Waals surface area contributed by atoms with Crippen molar-refractivity contribution >= 4 is 23.2 Å². The largest absolute Gasteiger partial charge is 0.115 e. The minimum Gasteiger partial charge on any atom is -0.0877 e. The summed E-state index contributed by atoms with van der Waals surface area (Å²) in [7, 11) is -1.71. The second-order valence-corrected chi connectivity index (χ2v) is 9.49. The summed E-state index contributed by atoms with van der Waals surface area (Å²) < 4.78 is 0. The van der Waals surface area contributed by atoms with Crippen molar-refractivity contribution < 1.29 is 0 Å². The molecule has 0 amide bonds. The molecule has 0 nitrogen and oxygen atoms in total. The lowest BCUT2D eigenvalue weighted by Gasteiger charge is -2.26. The van der Waals surface area contributed by atoms with Crippen molar-refractivity contribution in [2.45, 2.75) is 6.92 Å². The van der Waals surface area contributed by atoms with Gasteiger partial charge in [0.25, 0.3) is 0 Å². The van der Waals surface area contributed by atoms with Gasteiger partial charge in [-0.15, -0.1) is 0 Å². The molecule has 0 saturated carbocycles. The van der Waals surface area contributed by atoms with Gasteiger partial charge in [-0.2, -0.15) is 0 Å². The van der Waals surface area contributed by atoms with Crippen molar-refractivity contribution in [3.8, 4) is 0 Å². The highest BCUT2D eigenvalue weighted by Crippen LogP contribution is 2.55. The molecule has 0 aliphatic rings. The van der Waals surface area contributed by atoms with Gasteiger partial charge in [-0.25, -0.2) is 0 Å². The lowest BCUT2D eigenvalue weighted by Crippen LogP contribution is -2.32. The van der Waals surface area contributed by atoms with Crippen molar-refractivity contribution in [3.05, 3.63) is 115 Å². The molecule has 3 rings (SSSR count). The van der Waals surface area contributed by atoms with Gasteiger partial charge < -0.3 is 0 Å². The zero-order valence-corrected chi connectivity index (χ0v) is 15.5. The summed E-state index contributed by atoms with van der Waals surface area (Å²) in [4.78, 5) is 0. The molecule has 0 radical (unpaired) electrons. The van der Waals surface area contributed by atoms with Gasteiger partial charge in [0.15, 0.2) is 0 Å². The molecule has 0 heterocycles. The van der Waals surface area contributed by atoms with E-state index in [-0.39, 0.29) is 0 Å². The molecule has 3 aromatic carbocycles. The van der Waals surface area contributed by atoms with Crippen LogP contribution in [0.2, 0.25) is 0 Å². The summed E-state index contributed by atoms with van der Waals surface area (Å²) in [6.07, 6.45) is 9.69. The van der Waals surface area contributed by atoms with E-state index < -0.39 is 7.26 Å². The van der Waals surface area contributed by atoms with E-state index in [1.807, 2.05) is 0 Å². The first kappa shape index (κ1) is 17.4. The van der Waals surface area contributed by atoms with Crippen molar-refractivity contribution in [3.63, 3.8) is 0 Å². The zero-order valence-electron chi connectivity index (χ0n) is 14.6. The van der Waals surface area contributed by atoms with Gasteiger partial charge in [0, 0.05) is 0 Å². The van der Waals surface area contributed by atoms with Crippen LogP contribution in [-0.2, 0) is 0 Å². The molecular formula is C24H24P+. The lowest BCUT2D eigenvalue weighted by molar-refractivity contribution is 1.64. The molecule has 0 spiro atoms. The smallest absolute Gasteiger partial charge is 0.0877 e. The fourth-order valence-electron chi connectivity index (χ4n) is 3.22. The van der Waals surface area contributed by atoms with Crippen LogP contribution in [0, 0.1) is 0 Å². The maximum atomic E-state index is 2.32. The molecule has 3 aromatic rings. The molecular weight excluding hydrogens is 319 g/mol. The topological polar surface area (TPSA) is 0 Å². The van der Waals surface area contributed by atoms with Crippen molar-refractivity contribution in [1.82, 2.24) is 0 Å². The molecule has 0 bridgehead atoms. The Hall–Kier alpha value is -2.43. The van der Waals surface area contributed by atoms with Gasteiger partial charge in [-0.1, -0.05) is 72.8 Å². The standard InChI is InChI=1S/C24H24P/c1-2-3-4-14-21-25(22-15-8-5-9-16-22,23-17-10-6-11-18-23)24-19-12-7-13-20-24/h2-20H,21H2,1H3/q+1/b3-2+,14-4-. The van der Waals surface area contributed by atoms with Crippen LogP contribution in [-0.4, -0.2) is 6.16 Å². The van der Waals surface area contributed by atoms with Crippen LogP contribution in [0.1, 0.15) is 6.92 Å². The molecule has 0 aliphatic carbocycles. The van der Waals surface area contributed by atoms with Crippen molar-refractivity contribution in [2.75, 3.05) is 6.16 Å². The first-order valence-corrected chi connectivity index (χ1v) is 10.7. The molecule has 25 heavy (non-hydrogen) atoms. The summed E-state index contributed by atoms with van der Waals surface area (Å²) in [5.41, 5.74) is 0. The number of benzene rings is 3. The van der Waals surface area contributed by atoms with Gasteiger partial charge >= 0.3 is 0 Å². The highest BCUT2D eigenvalue weighted by atomic mass is 31.2. The van der Waals surface area contributed by atoms with Crippen LogP contribution in [0.3, 0.4) is 0 Å². The fraction of sp³-hybridized carbons (Fsp3) is 0.0833. The monoisotopic (exact) mass is 343 g/mol. The second kappa shape index (κ2) is 8.60. The predicted molar refractivity (Wildman–Crippen MR) is 114 cm³/mol. The average Bonchev–Trinajstić information content (AvgIpc) is 2.70. The van der Waals surface area contributed by atoms with E-state index in [1.165, 1.54) is 15.9 Å². The number of hydrogen-bond acceptors (Lipinski definition) is 0. The Bertz CT molecular complexity index is 721. The normalized spacial score (nSPS) is 12.0. The molecule has 0 unspecified atom stereocenters. The SMILES string of the molecule is C/C=C/C=C\C[P+](c1ccccc1)(c1ccccc1)c1ccccc1. The Morgan fingerprint density at radius 3 is 1.36 bits per heavy atom. The maximum absolute atomic E-state index is 2.32. The second-order valence-electron chi connectivity index (χ2n) is 5.95. The third-order valence-electron chi connectivity index (χ3n) is 4.41. The van der Waals surface area contributed by atoms with E-state index in [0.717, 1.165) is 6.16 Å². The summed E-state index contributed by atoms with van der Waals surface area (Å²) in [5, 5.41) is 4.28. The van der Waals surface area contributed by atoms with Gasteiger partial charge in [0.2, 0.25) is 0 Å². The fourth-order valence-corrected chi connectivity index (χ4v) is 7.23. The van der Waals surface area contributed by atoms with Crippen LogP contribution in [0.25, 0.3) is 0 Å². The minimum absolute atomic E-state index is 1.02. The van der Waals surface area contributed by atoms with E-state index in [1.54, 1.807) is 0 Å². The number of hydrogen-bond donors (Lipinski definition) is 0. The molecule has 0 N–H and O–H groups in total. The minimum atomic E-state index is -1.71. The van der Waals surface area contributed by atoms with E-state index in [0.29, 0.717) is 0 Å². The molecule has 0 aromatic heterocycles. The Labute approximate surface area is 151 Å². The summed E-state index contributed by atoms with van der Waals surface area (Å²) >= 11 is 0. The Balaban J connectivity index is 2.23. The van der Waals surface area contributed by atoms with E-state index in [4.69, 9.17) is 0 Å². The molecule has 124 valence electrons. The highest BCUT2D eigenvalue weighted by molar-refractivity contribution is 7.95. The van der Waals surface area contributed by atoms with Crippen LogP contribution in [0.4, 0.5) is 0 Å². The third kappa shape index (κ3) is 3.81. The third-order valence-corrected chi connectivity index (χ3v) is 8.71. The van der Waals surface area contributed by atoms with Crippen LogP contribution in [0.15, 0.2) is 115 Å². The maximum Gasteiger partial charge on any atom is 0.115 e. The van der Waals surface area contributed by atoms with Crippen molar-refractivity contribution in [2.24, 2.45) is 0 Å². The number of allylic oxidation sites excluding steroid dienone is 4. The summed E-state index contributed by atoms with van der Waals surface area (Å²) in [6.45, 7) is 2.05. The van der Waals surface area contributed by atoms with E-state index in [2.05, 4.69) is 122 Å². The van der Waals surface area contributed by atoms with E-state index >= 15 is 0 Å². The Morgan fingerprint density at radius 2 is 1.00 bits per heavy atom. The first-order valence-electron chi connectivity index (χ1n) is 8.70. The molecule has 0 aliphatic heterocycles. The van der Waals surface area contributed by atoms with Crippen LogP contribution in [0.5, 0.6) is 0 Å². The van der Waals surface area contributed by atoms with Crippen molar-refractivity contribution in [1.29, 1.82) is 0 Å². The molecule has 1 heteroatoms. The quantitative estimate of drug-likeness (QED) is 0.431. The molecule has 0 saturated heterocycles. The lowest BCUT2D eigenvalue weighted by atomic mass is 10.4. The van der Waals surface area contributed by atoms with Gasteiger partial charge in [0.1, 0.15) is 23.2 Å². The van der Waals surface area contributed by atoms with Crippen LogP contribution >= 0.6 is 7.26 Å². The number of rotatable bonds is 6. The van der Waals surface area contributed by atoms with Gasteiger partial charge in [-0.3, -0.25) is 0 Å². The highest BCUT2D eigenvalue weighted by Gasteiger charge is 2.43. The molecule has 0 atom stereocenters. The average molecular weight is 343 g/mol. The summed E-state index contributed by atoms with van der Waals surface area (Å²) in [5.74, 6) is 0. The summed E-state index contributed by atoms with van der Waals surface area (Å²) in [6, 6.07) is 33.0. The van der Waals surface area contributed by atoms with E-state index in [9.17, 15) is 0 Å². The molecule has 0 fully saturated rings. The Morgan fingerprint density at radius 1 is 0.600 bits per heavy atom. The zero-order chi connectivity index (χ0) is 17.4. The van der Waals surface area contributed by atoms with Gasteiger partial charge in [-0.05, 0) is 49.4 Å². The first-order chi connectivity index (χ1) is 12.4. The Kier molecular flexibility index (Phi) is 5.99.